The normalized spacial score (nSPS) is 18.0. The second kappa shape index (κ2) is 8.95. The van der Waals surface area contributed by atoms with Gasteiger partial charge >= 0.3 is 0 Å². The summed E-state index contributed by atoms with van der Waals surface area (Å²) in [5.41, 5.74) is 4.30. The summed E-state index contributed by atoms with van der Waals surface area (Å²) in [4.78, 5) is 31.4. The van der Waals surface area contributed by atoms with Gasteiger partial charge in [-0.2, -0.15) is 0 Å². The lowest BCUT2D eigenvalue weighted by Crippen LogP contribution is -2.35. The van der Waals surface area contributed by atoms with Crippen molar-refractivity contribution in [2.75, 3.05) is 19.5 Å². The number of nitrogens with one attached hydrogen (secondary N) is 2. The third-order valence-electron chi connectivity index (χ3n) is 6.29. The molecule has 5 rings (SSSR count). The number of dihydropyridines is 1. The van der Waals surface area contributed by atoms with E-state index in [2.05, 4.69) is 15.6 Å². The molecule has 7 nitrogen and oxygen atoms in total. The second-order valence-corrected chi connectivity index (χ2v) is 9.35. The van der Waals surface area contributed by atoms with E-state index in [-0.39, 0.29) is 11.7 Å². The molecule has 0 fully saturated rings. The molecule has 0 bridgehead atoms. The van der Waals surface area contributed by atoms with Gasteiger partial charge in [-0.1, -0.05) is 29.5 Å². The summed E-state index contributed by atoms with van der Waals surface area (Å²) in [7, 11) is 3.17. The van der Waals surface area contributed by atoms with Crippen molar-refractivity contribution in [3.63, 3.8) is 0 Å². The van der Waals surface area contributed by atoms with Crippen molar-refractivity contribution >= 4 is 38.4 Å². The number of thiazole rings is 1. The number of nitrogens with zero attached hydrogens (tertiary/aromatic N) is 1. The molecular formula is C26H25N3O4S. The molecule has 1 aliphatic carbocycles. The number of rotatable bonds is 5. The highest BCUT2D eigenvalue weighted by atomic mass is 32.1. The van der Waals surface area contributed by atoms with Crippen molar-refractivity contribution in [1.29, 1.82) is 0 Å². The molecule has 2 N–H and O–H groups in total. The van der Waals surface area contributed by atoms with Gasteiger partial charge in [0.05, 0.1) is 30.4 Å². The Morgan fingerprint density at radius 3 is 2.74 bits per heavy atom. The van der Waals surface area contributed by atoms with Crippen LogP contribution in [0.1, 0.15) is 37.7 Å². The number of hydrogen-bond acceptors (Lipinski definition) is 7. The Labute approximate surface area is 201 Å². The molecule has 1 amide bonds. The molecule has 8 heteroatoms. The number of anilines is 1. The van der Waals surface area contributed by atoms with Gasteiger partial charge in [0.2, 0.25) is 0 Å². The minimum Gasteiger partial charge on any atom is -0.497 e. The van der Waals surface area contributed by atoms with Gasteiger partial charge in [-0.3, -0.25) is 14.9 Å². The van der Waals surface area contributed by atoms with Crippen molar-refractivity contribution in [1.82, 2.24) is 10.3 Å². The molecule has 0 saturated carbocycles. The van der Waals surface area contributed by atoms with E-state index in [1.165, 1.54) is 11.3 Å². The average molecular weight is 476 g/mol. The average Bonchev–Trinajstić information content (AvgIpc) is 3.25. The van der Waals surface area contributed by atoms with Crippen molar-refractivity contribution < 1.29 is 19.1 Å². The van der Waals surface area contributed by atoms with E-state index in [0.717, 1.165) is 40.0 Å². The number of methoxy groups -OCH3 is 2. The lowest BCUT2D eigenvalue weighted by Gasteiger charge is -2.35. The van der Waals surface area contributed by atoms with Crippen LogP contribution < -0.4 is 20.1 Å². The molecule has 2 aromatic carbocycles. The molecule has 0 spiro atoms. The minimum atomic E-state index is -0.556. The number of carbonyl (C=O) groups excluding carboxylic acids is 2. The molecular weight excluding hydrogens is 450 g/mol. The maximum Gasteiger partial charge on any atom is 0.256 e. The van der Waals surface area contributed by atoms with Crippen LogP contribution in [0, 0.1) is 0 Å². The van der Waals surface area contributed by atoms with Gasteiger partial charge in [0, 0.05) is 40.6 Å². The van der Waals surface area contributed by atoms with Crippen LogP contribution >= 0.6 is 11.3 Å². The van der Waals surface area contributed by atoms with Crippen LogP contribution in [0.5, 0.6) is 11.5 Å². The first kappa shape index (κ1) is 22.2. The van der Waals surface area contributed by atoms with Crippen LogP contribution in [0.15, 0.2) is 65.0 Å². The highest BCUT2D eigenvalue weighted by Gasteiger charge is 2.40. The number of aromatic nitrogens is 1. The SMILES string of the molecule is COc1ccc([C@@H]2C(C(=O)Nc3nc4ccccc4s3)=C(C)NC3=C2C(=O)CCC3)c(OC)c1. The second-order valence-electron chi connectivity index (χ2n) is 8.31. The Morgan fingerprint density at radius 2 is 1.97 bits per heavy atom. The fourth-order valence-electron chi connectivity index (χ4n) is 4.74. The maximum atomic E-state index is 13.7. The predicted molar refractivity (Wildman–Crippen MR) is 132 cm³/mol. The van der Waals surface area contributed by atoms with Gasteiger partial charge in [-0.15, -0.1) is 0 Å². The smallest absolute Gasteiger partial charge is 0.256 e. The van der Waals surface area contributed by atoms with Gasteiger partial charge in [0.1, 0.15) is 11.5 Å². The third kappa shape index (κ3) is 3.84. The zero-order valence-corrected chi connectivity index (χ0v) is 20.0. The number of fused-ring (bicyclic) bond motifs is 1. The molecule has 2 heterocycles. The van der Waals surface area contributed by atoms with E-state index < -0.39 is 5.92 Å². The van der Waals surface area contributed by atoms with Gasteiger partial charge in [-0.25, -0.2) is 4.98 Å². The van der Waals surface area contributed by atoms with Gasteiger partial charge in [0.25, 0.3) is 5.91 Å². The van der Waals surface area contributed by atoms with Crippen LogP contribution in [0.3, 0.4) is 0 Å². The Balaban J connectivity index is 1.60. The Bertz CT molecular complexity index is 1340. The minimum absolute atomic E-state index is 0.0504. The summed E-state index contributed by atoms with van der Waals surface area (Å²) in [5, 5.41) is 6.84. The van der Waals surface area contributed by atoms with Gasteiger partial charge in [-0.05, 0) is 38.0 Å². The van der Waals surface area contributed by atoms with E-state index in [9.17, 15) is 9.59 Å². The standard InChI is InChI=1S/C26H25N3O4S/c1-14-22(25(31)29-26-28-17-7-4-5-10-21(17)34-26)23(24-18(27-14)8-6-9-19(24)30)16-12-11-15(32-2)13-20(16)33-3/h4-5,7,10-13,23,27H,6,8-9H2,1-3H3,(H,28,29,31)/t23-/m1/s1. The van der Waals surface area contributed by atoms with Crippen LogP contribution in [-0.2, 0) is 9.59 Å². The van der Waals surface area contributed by atoms with Crippen molar-refractivity contribution in [3.8, 4) is 11.5 Å². The monoisotopic (exact) mass is 475 g/mol. The fourth-order valence-corrected chi connectivity index (χ4v) is 5.60. The summed E-state index contributed by atoms with van der Waals surface area (Å²) >= 11 is 1.42. The van der Waals surface area contributed by atoms with Crippen molar-refractivity contribution in [2.45, 2.75) is 32.1 Å². The Kier molecular flexibility index (Phi) is 5.83. The van der Waals surface area contributed by atoms with E-state index >= 15 is 0 Å². The molecule has 1 aromatic heterocycles. The summed E-state index contributed by atoms with van der Waals surface area (Å²) in [6.07, 6.45) is 2.01. The Morgan fingerprint density at radius 1 is 1.15 bits per heavy atom. The molecule has 3 aromatic rings. The number of ketones is 1. The summed E-state index contributed by atoms with van der Waals surface area (Å²) < 4.78 is 12.0. The first-order valence-electron chi connectivity index (χ1n) is 11.1. The molecule has 1 aliphatic heterocycles. The molecule has 0 saturated heterocycles. The van der Waals surface area contributed by atoms with E-state index in [1.807, 2.05) is 43.3 Å². The molecule has 1 atom stereocenters. The summed E-state index contributed by atoms with van der Waals surface area (Å²) in [6.45, 7) is 1.87. The number of allylic oxidation sites excluding steroid dienone is 3. The summed E-state index contributed by atoms with van der Waals surface area (Å²) in [6, 6.07) is 13.2. The van der Waals surface area contributed by atoms with Gasteiger partial charge in [0.15, 0.2) is 10.9 Å². The zero-order valence-electron chi connectivity index (χ0n) is 19.2. The van der Waals surface area contributed by atoms with Crippen molar-refractivity contribution in [2.24, 2.45) is 0 Å². The van der Waals surface area contributed by atoms with Crippen LogP contribution in [-0.4, -0.2) is 30.9 Å². The number of benzene rings is 2. The van der Waals surface area contributed by atoms with E-state index in [0.29, 0.717) is 34.2 Å². The molecule has 0 radical (unpaired) electrons. The lowest BCUT2D eigenvalue weighted by atomic mass is 9.74. The van der Waals surface area contributed by atoms with Crippen LogP contribution in [0.2, 0.25) is 0 Å². The van der Waals surface area contributed by atoms with Crippen LogP contribution in [0.25, 0.3) is 10.2 Å². The first-order chi connectivity index (χ1) is 16.5. The third-order valence-corrected chi connectivity index (χ3v) is 7.24. The highest BCUT2D eigenvalue weighted by molar-refractivity contribution is 7.22. The highest BCUT2D eigenvalue weighted by Crippen LogP contribution is 2.46. The zero-order chi connectivity index (χ0) is 23.8. The van der Waals surface area contributed by atoms with Crippen molar-refractivity contribution in [3.05, 3.63) is 70.6 Å². The Hall–Kier alpha value is -3.65. The fraction of sp³-hybridized carbons (Fsp3) is 0.269. The quantitative estimate of drug-likeness (QED) is 0.545. The van der Waals surface area contributed by atoms with Gasteiger partial charge < -0.3 is 14.8 Å². The molecule has 34 heavy (non-hydrogen) atoms. The molecule has 2 aliphatic rings. The number of para-hydroxylation sites is 1. The number of carbonyl (C=O) groups is 2. The molecule has 0 unspecified atom stereocenters. The number of Topliss-reactive ketones (excluding diaryl/α,β-unsaturated/α-hetero) is 1. The van der Waals surface area contributed by atoms with E-state index in [1.54, 1.807) is 20.3 Å². The molecule has 174 valence electrons. The predicted octanol–water partition coefficient (Wildman–Crippen LogP) is 4.92. The number of ether oxygens (including phenoxy) is 2. The topological polar surface area (TPSA) is 89.5 Å². The largest absolute Gasteiger partial charge is 0.497 e. The number of amides is 1. The first-order valence-corrected chi connectivity index (χ1v) is 11.9. The summed E-state index contributed by atoms with van der Waals surface area (Å²) in [5.74, 6) is 0.403. The number of hydrogen-bond donors (Lipinski definition) is 2. The van der Waals surface area contributed by atoms with Crippen LogP contribution in [0.4, 0.5) is 5.13 Å². The van der Waals surface area contributed by atoms with E-state index in [4.69, 9.17) is 9.47 Å². The lowest BCUT2D eigenvalue weighted by molar-refractivity contribution is -0.116. The maximum absolute atomic E-state index is 13.7.